The third-order valence-electron chi connectivity index (χ3n) is 4.26. The maximum atomic E-state index is 13.1. The van der Waals surface area contributed by atoms with Crippen LogP contribution in [0.1, 0.15) is 25.5 Å². The molecule has 1 aliphatic heterocycles. The fourth-order valence-corrected chi connectivity index (χ4v) is 3.03. The molecule has 24 heavy (non-hydrogen) atoms. The molecule has 3 rings (SSSR count). The van der Waals surface area contributed by atoms with E-state index in [9.17, 15) is 4.39 Å². The van der Waals surface area contributed by atoms with Crippen LogP contribution in [0.15, 0.2) is 30.3 Å². The second kappa shape index (κ2) is 7.57. The number of hydrogen-bond donors (Lipinski definition) is 1. The average Bonchev–Trinajstić information content (AvgIpc) is 3.05. The minimum absolute atomic E-state index is 0.260. The molecule has 1 fully saturated rings. The van der Waals surface area contributed by atoms with E-state index in [1.165, 1.54) is 12.1 Å². The van der Waals surface area contributed by atoms with E-state index in [2.05, 4.69) is 27.1 Å². The number of aryl methyl sites for hydroxylation is 1. The summed E-state index contributed by atoms with van der Waals surface area (Å²) in [5.74, 6) is 1.20. The van der Waals surface area contributed by atoms with Gasteiger partial charge < -0.3 is 15.0 Å². The molecule has 0 amide bonds. The Morgan fingerprint density at radius 2 is 2.08 bits per heavy atom. The molecule has 0 aliphatic carbocycles. The van der Waals surface area contributed by atoms with E-state index in [4.69, 9.17) is 4.74 Å². The number of methoxy groups -OCH3 is 1. The van der Waals surface area contributed by atoms with Crippen LogP contribution in [0.4, 0.5) is 21.8 Å². The number of ether oxygens (including phenoxy) is 1. The Morgan fingerprint density at radius 1 is 1.29 bits per heavy atom. The highest BCUT2D eigenvalue weighted by atomic mass is 19.1. The van der Waals surface area contributed by atoms with Crippen molar-refractivity contribution in [3.05, 3.63) is 41.8 Å². The lowest BCUT2D eigenvalue weighted by molar-refractivity contribution is 0.180. The number of nitrogens with one attached hydrogen (secondary N) is 1. The van der Waals surface area contributed by atoms with E-state index in [0.29, 0.717) is 18.6 Å². The van der Waals surface area contributed by atoms with Crippen LogP contribution < -0.4 is 10.2 Å². The molecule has 0 saturated carbocycles. The summed E-state index contributed by atoms with van der Waals surface area (Å²) in [5, 5.41) is 3.17. The second-order valence-electron chi connectivity index (χ2n) is 5.97. The van der Waals surface area contributed by atoms with Crippen molar-refractivity contribution in [2.75, 3.05) is 30.5 Å². The fraction of sp³-hybridized carbons (Fsp3) is 0.444. The summed E-state index contributed by atoms with van der Waals surface area (Å²) in [4.78, 5) is 11.5. The first kappa shape index (κ1) is 16.6. The first-order valence-corrected chi connectivity index (χ1v) is 8.35. The van der Waals surface area contributed by atoms with Gasteiger partial charge in [-0.2, -0.15) is 4.98 Å². The minimum atomic E-state index is -0.260. The lowest BCUT2D eigenvalue weighted by Gasteiger charge is -2.25. The third-order valence-corrected chi connectivity index (χ3v) is 4.26. The van der Waals surface area contributed by atoms with Crippen LogP contribution in [0.2, 0.25) is 0 Å². The van der Waals surface area contributed by atoms with Gasteiger partial charge in [-0.05, 0) is 43.5 Å². The van der Waals surface area contributed by atoms with Crippen molar-refractivity contribution < 1.29 is 9.13 Å². The Balaban J connectivity index is 1.86. The van der Waals surface area contributed by atoms with Gasteiger partial charge in [-0.15, -0.1) is 0 Å². The molecule has 1 aromatic carbocycles. The predicted octanol–water partition coefficient (Wildman–Crippen LogP) is 3.54. The second-order valence-corrected chi connectivity index (χ2v) is 5.97. The SMILES string of the molecule is CCc1cc(N2CCC[C@H]2COC)nc(Nc2ccc(F)cc2)n1. The normalized spacial score (nSPS) is 17.3. The molecule has 1 atom stereocenters. The van der Waals surface area contributed by atoms with E-state index >= 15 is 0 Å². The van der Waals surface area contributed by atoms with Crippen LogP contribution in [0.25, 0.3) is 0 Å². The Labute approximate surface area is 141 Å². The highest BCUT2D eigenvalue weighted by Crippen LogP contribution is 2.26. The molecule has 1 N–H and O–H groups in total. The van der Waals surface area contributed by atoms with Gasteiger partial charge >= 0.3 is 0 Å². The summed E-state index contributed by atoms with van der Waals surface area (Å²) in [5.41, 5.74) is 1.75. The van der Waals surface area contributed by atoms with Crippen molar-refractivity contribution in [2.24, 2.45) is 0 Å². The maximum absolute atomic E-state index is 13.1. The zero-order valence-electron chi connectivity index (χ0n) is 14.1. The standard InChI is InChI=1S/C18H23FN4O/c1-3-14-11-17(23-10-4-5-16(23)12-24-2)22-18(20-14)21-15-8-6-13(19)7-9-15/h6-9,11,16H,3-5,10,12H2,1-2H3,(H,20,21,22)/t16-/m0/s1. The molecule has 2 aromatic rings. The highest BCUT2D eigenvalue weighted by Gasteiger charge is 2.26. The Hall–Kier alpha value is -2.21. The zero-order chi connectivity index (χ0) is 16.9. The fourth-order valence-electron chi connectivity index (χ4n) is 3.03. The molecule has 0 bridgehead atoms. The van der Waals surface area contributed by atoms with Crippen molar-refractivity contribution in [1.82, 2.24) is 9.97 Å². The Morgan fingerprint density at radius 3 is 2.79 bits per heavy atom. The van der Waals surface area contributed by atoms with Gasteiger partial charge in [0.15, 0.2) is 0 Å². The number of aromatic nitrogens is 2. The van der Waals surface area contributed by atoms with Crippen molar-refractivity contribution in [3.8, 4) is 0 Å². The molecular weight excluding hydrogens is 307 g/mol. The van der Waals surface area contributed by atoms with Gasteiger partial charge in [0.1, 0.15) is 11.6 Å². The maximum Gasteiger partial charge on any atom is 0.229 e. The quantitative estimate of drug-likeness (QED) is 0.878. The molecule has 128 valence electrons. The average molecular weight is 330 g/mol. The lowest BCUT2D eigenvalue weighted by atomic mass is 10.2. The number of hydrogen-bond acceptors (Lipinski definition) is 5. The summed E-state index contributed by atoms with van der Waals surface area (Å²) in [6.07, 6.45) is 3.08. The van der Waals surface area contributed by atoms with Crippen LogP contribution in [0.3, 0.4) is 0 Å². The van der Waals surface area contributed by atoms with Crippen LogP contribution in [0, 0.1) is 5.82 Å². The van der Waals surface area contributed by atoms with Crippen molar-refractivity contribution >= 4 is 17.5 Å². The number of rotatable bonds is 6. The lowest BCUT2D eigenvalue weighted by Crippen LogP contribution is -2.33. The zero-order valence-corrected chi connectivity index (χ0v) is 14.1. The Bertz CT molecular complexity index is 677. The van der Waals surface area contributed by atoms with Crippen LogP contribution >= 0.6 is 0 Å². The molecule has 0 spiro atoms. The van der Waals surface area contributed by atoms with Gasteiger partial charge in [-0.1, -0.05) is 6.92 Å². The molecule has 6 heteroatoms. The van der Waals surface area contributed by atoms with E-state index in [0.717, 1.165) is 43.0 Å². The van der Waals surface area contributed by atoms with Crippen molar-refractivity contribution in [3.63, 3.8) is 0 Å². The highest BCUT2D eigenvalue weighted by molar-refractivity contribution is 5.56. The monoisotopic (exact) mass is 330 g/mol. The number of anilines is 3. The Kier molecular flexibility index (Phi) is 5.25. The third kappa shape index (κ3) is 3.82. The molecule has 1 aromatic heterocycles. The van der Waals surface area contributed by atoms with E-state index in [1.54, 1.807) is 19.2 Å². The van der Waals surface area contributed by atoms with E-state index < -0.39 is 0 Å². The molecule has 5 nitrogen and oxygen atoms in total. The topological polar surface area (TPSA) is 50.3 Å². The molecular formula is C18H23FN4O. The van der Waals surface area contributed by atoms with Gasteiger partial charge in [0.05, 0.1) is 12.6 Å². The predicted molar refractivity (Wildman–Crippen MR) is 93.3 cm³/mol. The van der Waals surface area contributed by atoms with Crippen molar-refractivity contribution in [1.29, 1.82) is 0 Å². The molecule has 0 unspecified atom stereocenters. The number of halogens is 1. The van der Waals surface area contributed by atoms with Gasteiger partial charge in [0.25, 0.3) is 0 Å². The van der Waals surface area contributed by atoms with Crippen molar-refractivity contribution in [2.45, 2.75) is 32.2 Å². The van der Waals surface area contributed by atoms with Gasteiger partial charge in [-0.25, -0.2) is 9.37 Å². The molecule has 1 aliphatic rings. The van der Waals surface area contributed by atoms with Crippen LogP contribution in [0.5, 0.6) is 0 Å². The van der Waals surface area contributed by atoms with Crippen LogP contribution in [-0.4, -0.2) is 36.3 Å². The van der Waals surface area contributed by atoms with E-state index in [1.807, 2.05) is 6.07 Å². The summed E-state index contributed by atoms with van der Waals surface area (Å²) >= 11 is 0. The van der Waals surface area contributed by atoms with Gasteiger partial charge in [0.2, 0.25) is 5.95 Å². The first-order chi connectivity index (χ1) is 11.7. The summed E-state index contributed by atoms with van der Waals surface area (Å²) in [7, 11) is 1.73. The minimum Gasteiger partial charge on any atom is -0.383 e. The summed E-state index contributed by atoms with van der Waals surface area (Å²) in [6.45, 7) is 3.75. The largest absolute Gasteiger partial charge is 0.383 e. The van der Waals surface area contributed by atoms with Gasteiger partial charge in [0, 0.05) is 31.1 Å². The molecule has 2 heterocycles. The first-order valence-electron chi connectivity index (χ1n) is 8.35. The number of nitrogens with zero attached hydrogens (tertiary/aromatic N) is 3. The molecule has 1 saturated heterocycles. The van der Waals surface area contributed by atoms with Gasteiger partial charge in [-0.3, -0.25) is 0 Å². The van der Waals surface area contributed by atoms with E-state index in [-0.39, 0.29) is 5.82 Å². The summed E-state index contributed by atoms with van der Waals surface area (Å²) < 4.78 is 18.4. The molecule has 0 radical (unpaired) electrons. The summed E-state index contributed by atoms with van der Waals surface area (Å²) in [6, 6.07) is 8.60. The smallest absolute Gasteiger partial charge is 0.229 e. The number of benzene rings is 1. The van der Waals surface area contributed by atoms with Crippen LogP contribution in [-0.2, 0) is 11.2 Å².